The molecule has 0 aromatic rings. The summed E-state index contributed by atoms with van der Waals surface area (Å²) >= 11 is 0. The summed E-state index contributed by atoms with van der Waals surface area (Å²) in [5, 5.41) is -0.0625. The lowest BCUT2D eigenvalue weighted by Gasteiger charge is -1.98. The van der Waals surface area contributed by atoms with Crippen LogP contribution in [0.5, 0.6) is 0 Å². The third-order valence-corrected chi connectivity index (χ3v) is 6.10. The Kier molecular flexibility index (Phi) is 1.61. The predicted molar refractivity (Wildman–Crippen MR) is 47.0 cm³/mol. The average Bonchev–Trinajstić information content (AvgIpc) is 2.18. The second-order valence-electron chi connectivity index (χ2n) is 2.67. The van der Waals surface area contributed by atoms with Gasteiger partial charge in [0.1, 0.15) is 0 Å². The van der Waals surface area contributed by atoms with Crippen LogP contribution in [0.4, 0.5) is 0 Å². The van der Waals surface area contributed by atoms with Crippen LogP contribution in [-0.4, -0.2) is 18.9 Å². The zero-order valence-corrected chi connectivity index (χ0v) is 7.44. The molecular formula is C7H8O2S2. The molecule has 2 bridgehead atoms. The molecule has 2 nitrogen and oxygen atoms in total. The highest BCUT2D eigenvalue weighted by Crippen LogP contribution is 2.39. The van der Waals surface area contributed by atoms with Crippen molar-refractivity contribution in [2.75, 3.05) is 0 Å². The second-order valence-corrected chi connectivity index (χ2v) is 7.03. The molecule has 0 aromatic heterocycles. The summed E-state index contributed by atoms with van der Waals surface area (Å²) in [4.78, 5) is 0. The van der Waals surface area contributed by atoms with Crippen molar-refractivity contribution in [3.63, 3.8) is 0 Å². The van der Waals surface area contributed by atoms with Crippen LogP contribution in [0, 0.1) is 0 Å². The fourth-order valence-electron chi connectivity index (χ4n) is 1.29. The van der Waals surface area contributed by atoms with Crippen LogP contribution in [0.15, 0.2) is 24.3 Å². The minimum Gasteiger partial charge on any atom is -0.217 e. The van der Waals surface area contributed by atoms with Gasteiger partial charge in [0.25, 0.3) is 0 Å². The molecule has 2 rings (SSSR count). The Labute approximate surface area is 69.7 Å². The van der Waals surface area contributed by atoms with Gasteiger partial charge in [0.05, 0.1) is 5.25 Å². The highest BCUT2D eigenvalue weighted by molar-refractivity contribution is 8.73. The maximum absolute atomic E-state index is 11.3. The largest absolute Gasteiger partial charge is 0.217 e. The van der Waals surface area contributed by atoms with Gasteiger partial charge in [0, 0.05) is 5.25 Å². The fourth-order valence-corrected chi connectivity index (χ4v) is 5.39. The normalized spacial score (nSPS) is 38.9. The molecule has 0 aromatic carbocycles. The van der Waals surface area contributed by atoms with E-state index in [0.29, 0.717) is 0 Å². The molecule has 4 heteroatoms. The van der Waals surface area contributed by atoms with Crippen molar-refractivity contribution in [3.05, 3.63) is 24.3 Å². The van der Waals surface area contributed by atoms with Crippen molar-refractivity contribution in [3.8, 4) is 0 Å². The van der Waals surface area contributed by atoms with Gasteiger partial charge >= 0.3 is 0 Å². The number of rotatable bonds is 0. The second kappa shape index (κ2) is 2.38. The van der Waals surface area contributed by atoms with Crippen LogP contribution < -0.4 is 0 Å². The first-order valence-corrected chi connectivity index (χ1v) is 6.40. The molecule has 0 N–H and O–H groups in total. The van der Waals surface area contributed by atoms with Gasteiger partial charge < -0.3 is 0 Å². The number of hydrogen-bond donors (Lipinski definition) is 0. The Hall–Kier alpha value is -0.220. The summed E-state index contributed by atoms with van der Waals surface area (Å²) in [6, 6.07) is 0. The van der Waals surface area contributed by atoms with E-state index in [1.54, 1.807) is 6.08 Å². The standard InChI is InChI=1S/C7H8O2S2/c8-11(9)7-4-2-1-3-6(5-7)10-11/h1-4,6-7H,5H2/t6-,7+/m0/s1. The Morgan fingerprint density at radius 3 is 2.82 bits per heavy atom. The van der Waals surface area contributed by atoms with Crippen molar-refractivity contribution >= 4 is 19.7 Å². The molecule has 2 atom stereocenters. The molecule has 1 aliphatic heterocycles. The SMILES string of the molecule is O=S1(=O)S[C@H]2C=CC=C[C@@H]1C2. The topological polar surface area (TPSA) is 34.1 Å². The van der Waals surface area contributed by atoms with E-state index in [4.69, 9.17) is 0 Å². The van der Waals surface area contributed by atoms with Gasteiger partial charge in [0.2, 0.25) is 8.87 Å². The van der Waals surface area contributed by atoms with Crippen molar-refractivity contribution in [1.82, 2.24) is 0 Å². The summed E-state index contributed by atoms with van der Waals surface area (Å²) in [7, 11) is -1.78. The van der Waals surface area contributed by atoms with Crippen LogP contribution in [0.2, 0.25) is 0 Å². The van der Waals surface area contributed by atoms with Crippen LogP contribution in [0.3, 0.4) is 0 Å². The van der Waals surface area contributed by atoms with E-state index in [9.17, 15) is 8.42 Å². The monoisotopic (exact) mass is 188 g/mol. The maximum Gasteiger partial charge on any atom is 0.208 e. The van der Waals surface area contributed by atoms with E-state index in [0.717, 1.165) is 17.2 Å². The molecule has 2 aliphatic rings. The number of allylic oxidation sites excluding steroid dienone is 2. The first-order chi connectivity index (χ1) is 5.18. The lowest BCUT2D eigenvalue weighted by molar-refractivity contribution is 0.604. The zero-order valence-electron chi connectivity index (χ0n) is 5.80. The average molecular weight is 188 g/mol. The lowest BCUT2D eigenvalue weighted by Crippen LogP contribution is -2.07. The van der Waals surface area contributed by atoms with Gasteiger partial charge in [0.15, 0.2) is 0 Å². The van der Waals surface area contributed by atoms with Crippen molar-refractivity contribution in [1.29, 1.82) is 0 Å². The molecule has 1 saturated heterocycles. The first kappa shape index (κ1) is 7.43. The molecule has 0 spiro atoms. The van der Waals surface area contributed by atoms with E-state index >= 15 is 0 Å². The molecule has 0 radical (unpaired) electrons. The summed E-state index contributed by atoms with van der Waals surface area (Å²) < 4.78 is 22.5. The van der Waals surface area contributed by atoms with Crippen LogP contribution in [0.25, 0.3) is 0 Å². The van der Waals surface area contributed by atoms with Gasteiger partial charge in [-0.1, -0.05) is 24.3 Å². The summed E-state index contributed by atoms with van der Waals surface area (Å²) in [6.07, 6.45) is 8.21. The van der Waals surface area contributed by atoms with E-state index in [-0.39, 0.29) is 10.5 Å². The van der Waals surface area contributed by atoms with Crippen molar-refractivity contribution in [2.45, 2.75) is 16.9 Å². The summed E-state index contributed by atoms with van der Waals surface area (Å²) in [5.74, 6) is 0. The highest BCUT2D eigenvalue weighted by Gasteiger charge is 2.36. The van der Waals surface area contributed by atoms with Gasteiger partial charge in [-0.25, -0.2) is 8.42 Å². The Morgan fingerprint density at radius 1 is 1.27 bits per heavy atom. The molecule has 0 amide bonds. The number of fused-ring (bicyclic) bond motifs is 2. The van der Waals surface area contributed by atoms with Crippen LogP contribution in [0.1, 0.15) is 6.42 Å². The third kappa shape index (κ3) is 1.25. The Bertz CT molecular complexity index is 313. The lowest BCUT2D eigenvalue weighted by atomic mass is 10.2. The minimum absolute atomic E-state index is 0.181. The predicted octanol–water partition coefficient (Wildman–Crippen LogP) is 1.32. The van der Waals surface area contributed by atoms with Gasteiger partial charge in [-0.15, -0.1) is 0 Å². The first-order valence-electron chi connectivity index (χ1n) is 3.45. The maximum atomic E-state index is 11.3. The van der Waals surface area contributed by atoms with Crippen molar-refractivity contribution < 1.29 is 8.42 Å². The highest BCUT2D eigenvalue weighted by atomic mass is 33.1. The molecule has 0 saturated carbocycles. The van der Waals surface area contributed by atoms with E-state index in [1.807, 2.05) is 18.2 Å². The third-order valence-electron chi connectivity index (χ3n) is 1.86. The quantitative estimate of drug-likeness (QED) is 0.538. The van der Waals surface area contributed by atoms with Gasteiger partial charge in [-0.05, 0) is 17.2 Å². The molecule has 1 heterocycles. The molecule has 0 unspecified atom stereocenters. The smallest absolute Gasteiger partial charge is 0.208 e. The van der Waals surface area contributed by atoms with E-state index in [2.05, 4.69) is 0 Å². The molecule has 1 aliphatic carbocycles. The fraction of sp³-hybridized carbons (Fsp3) is 0.429. The van der Waals surface area contributed by atoms with E-state index < -0.39 is 8.87 Å². The van der Waals surface area contributed by atoms with E-state index in [1.165, 1.54) is 0 Å². The van der Waals surface area contributed by atoms with Gasteiger partial charge in [-0.3, -0.25) is 0 Å². The van der Waals surface area contributed by atoms with Crippen molar-refractivity contribution in [2.24, 2.45) is 0 Å². The molecule has 60 valence electrons. The van der Waals surface area contributed by atoms with Crippen LogP contribution in [-0.2, 0) is 8.87 Å². The summed E-state index contributed by atoms with van der Waals surface area (Å²) in [6.45, 7) is 0. The zero-order chi connectivity index (χ0) is 7.90. The molecular weight excluding hydrogens is 180 g/mol. The number of hydrogen-bond acceptors (Lipinski definition) is 3. The molecule has 11 heavy (non-hydrogen) atoms. The minimum atomic E-state index is -2.87. The molecule has 1 fully saturated rings. The Morgan fingerprint density at radius 2 is 2.00 bits per heavy atom. The Balaban J connectivity index is 2.42. The van der Waals surface area contributed by atoms with Gasteiger partial charge in [-0.2, -0.15) is 0 Å². The van der Waals surface area contributed by atoms with Crippen LogP contribution >= 0.6 is 10.8 Å². The summed E-state index contributed by atoms with van der Waals surface area (Å²) in [5.41, 5.74) is 0.